The van der Waals surface area contributed by atoms with Crippen molar-refractivity contribution in [3.63, 3.8) is 0 Å². The van der Waals surface area contributed by atoms with Crippen molar-refractivity contribution in [2.75, 3.05) is 19.7 Å². The minimum absolute atomic E-state index is 0.0140. The Morgan fingerprint density at radius 1 is 1.61 bits per heavy atom. The molecule has 0 aliphatic rings. The molecule has 0 aromatic carbocycles. The van der Waals surface area contributed by atoms with E-state index in [-0.39, 0.29) is 17.3 Å². The van der Waals surface area contributed by atoms with E-state index in [2.05, 4.69) is 20.9 Å². The number of alkyl halides is 2. The van der Waals surface area contributed by atoms with Crippen molar-refractivity contribution in [2.24, 2.45) is 0 Å². The first-order chi connectivity index (χ1) is 8.45. The third kappa shape index (κ3) is 4.15. The van der Waals surface area contributed by atoms with Crippen molar-refractivity contribution in [1.29, 1.82) is 0 Å². The van der Waals surface area contributed by atoms with E-state index in [1.807, 2.05) is 0 Å². The molecule has 0 bridgehead atoms. The van der Waals surface area contributed by atoms with Crippen molar-refractivity contribution in [3.05, 3.63) is 27.5 Å². The molecule has 0 atom stereocenters. The third-order valence-corrected chi connectivity index (χ3v) is 2.79. The molecule has 1 aromatic heterocycles. The highest BCUT2D eigenvalue weighted by Crippen LogP contribution is 2.20. The first-order valence-electron chi connectivity index (χ1n) is 4.95. The molecular weight excluding hydrogens is 333 g/mol. The Bertz CT molecular complexity index is 434. The molecule has 0 saturated heterocycles. The van der Waals surface area contributed by atoms with Gasteiger partial charge in [-0.05, 0) is 22.0 Å². The monoisotopic (exact) mass is 342 g/mol. The fraction of sp³-hybridized carbons (Fsp3) is 0.400. The molecule has 100 valence electrons. The maximum atomic E-state index is 12.3. The summed E-state index contributed by atoms with van der Waals surface area (Å²) >= 11 is 8.86. The van der Waals surface area contributed by atoms with E-state index in [4.69, 9.17) is 16.7 Å². The van der Waals surface area contributed by atoms with Crippen LogP contribution in [0.1, 0.15) is 10.4 Å². The zero-order chi connectivity index (χ0) is 13.7. The van der Waals surface area contributed by atoms with Gasteiger partial charge in [-0.1, -0.05) is 11.6 Å². The van der Waals surface area contributed by atoms with Gasteiger partial charge < -0.3 is 10.0 Å². The van der Waals surface area contributed by atoms with Crippen molar-refractivity contribution in [2.45, 2.75) is 6.43 Å². The second kappa shape index (κ2) is 6.96. The highest BCUT2D eigenvalue weighted by molar-refractivity contribution is 9.10. The highest BCUT2D eigenvalue weighted by atomic mass is 79.9. The number of nitrogens with zero attached hydrogens (tertiary/aromatic N) is 2. The van der Waals surface area contributed by atoms with Gasteiger partial charge in [0.15, 0.2) is 0 Å². The summed E-state index contributed by atoms with van der Waals surface area (Å²) < 4.78 is 25.2. The Balaban J connectivity index is 2.97. The lowest BCUT2D eigenvalue weighted by molar-refractivity contribution is 0.0509. The number of aliphatic hydroxyl groups excluding tert-OH is 1. The van der Waals surface area contributed by atoms with Crippen molar-refractivity contribution >= 4 is 33.4 Å². The molecule has 0 aliphatic carbocycles. The predicted molar refractivity (Wildman–Crippen MR) is 65.9 cm³/mol. The SMILES string of the molecule is O=C(c1cc(Br)cnc1Cl)N(CCO)CC(F)F. The number of pyridine rings is 1. The fourth-order valence-electron chi connectivity index (χ4n) is 1.31. The van der Waals surface area contributed by atoms with Gasteiger partial charge in [-0.25, -0.2) is 13.8 Å². The zero-order valence-electron chi connectivity index (χ0n) is 9.12. The number of rotatable bonds is 5. The number of halogens is 4. The molecule has 8 heteroatoms. The summed E-state index contributed by atoms with van der Waals surface area (Å²) in [4.78, 5) is 16.6. The molecular formula is C10H10BrClF2N2O2. The maximum Gasteiger partial charge on any atom is 0.257 e. The van der Waals surface area contributed by atoms with Crippen LogP contribution in [0.2, 0.25) is 5.15 Å². The third-order valence-electron chi connectivity index (χ3n) is 2.05. The van der Waals surface area contributed by atoms with Crippen molar-refractivity contribution in [1.82, 2.24) is 9.88 Å². The molecule has 0 spiro atoms. The van der Waals surface area contributed by atoms with E-state index < -0.39 is 25.5 Å². The molecule has 1 aromatic rings. The Hall–Kier alpha value is -0.790. The lowest BCUT2D eigenvalue weighted by Gasteiger charge is -2.21. The Labute approximate surface area is 116 Å². The summed E-state index contributed by atoms with van der Waals surface area (Å²) in [5, 5.41) is 8.70. The molecule has 0 saturated carbocycles. The summed E-state index contributed by atoms with van der Waals surface area (Å²) in [5.74, 6) is -0.692. The van der Waals surface area contributed by atoms with Gasteiger partial charge in [0.25, 0.3) is 12.3 Å². The van der Waals surface area contributed by atoms with Crippen molar-refractivity contribution < 1.29 is 18.7 Å². The minimum atomic E-state index is -2.68. The van der Waals surface area contributed by atoms with E-state index in [1.54, 1.807) is 0 Å². The minimum Gasteiger partial charge on any atom is -0.395 e. The van der Waals surface area contributed by atoms with Crippen LogP contribution < -0.4 is 0 Å². The van der Waals surface area contributed by atoms with Crippen LogP contribution in [0.25, 0.3) is 0 Å². The largest absolute Gasteiger partial charge is 0.395 e. The Morgan fingerprint density at radius 2 is 2.28 bits per heavy atom. The van der Waals surface area contributed by atoms with E-state index in [1.165, 1.54) is 12.3 Å². The molecule has 0 aliphatic heterocycles. The van der Waals surface area contributed by atoms with E-state index in [0.29, 0.717) is 4.47 Å². The molecule has 0 fully saturated rings. The fourth-order valence-corrected chi connectivity index (χ4v) is 1.82. The molecule has 1 heterocycles. The van der Waals surface area contributed by atoms with Gasteiger partial charge in [0.2, 0.25) is 0 Å². The first-order valence-corrected chi connectivity index (χ1v) is 6.12. The summed E-state index contributed by atoms with van der Waals surface area (Å²) in [6, 6.07) is 1.40. The van der Waals surface area contributed by atoms with Crippen LogP contribution in [-0.4, -0.2) is 47.0 Å². The van der Waals surface area contributed by atoms with Gasteiger partial charge in [0.1, 0.15) is 5.15 Å². The Morgan fingerprint density at radius 3 is 2.83 bits per heavy atom. The molecule has 0 radical (unpaired) electrons. The second-order valence-corrected chi connectivity index (χ2v) is 4.63. The smallest absolute Gasteiger partial charge is 0.257 e. The van der Waals surface area contributed by atoms with Crippen LogP contribution in [0.4, 0.5) is 8.78 Å². The maximum absolute atomic E-state index is 12.3. The Kier molecular flexibility index (Phi) is 5.90. The van der Waals surface area contributed by atoms with Gasteiger partial charge in [-0.3, -0.25) is 4.79 Å². The number of carbonyl (C=O) groups excluding carboxylic acids is 1. The highest BCUT2D eigenvalue weighted by Gasteiger charge is 2.22. The van der Waals surface area contributed by atoms with Gasteiger partial charge in [0.05, 0.1) is 18.7 Å². The summed E-state index contributed by atoms with van der Waals surface area (Å²) in [5.41, 5.74) is 0.0140. The van der Waals surface area contributed by atoms with Crippen LogP contribution in [0.5, 0.6) is 0 Å². The van der Waals surface area contributed by atoms with Crippen LogP contribution in [0, 0.1) is 0 Å². The number of hydrogen-bond donors (Lipinski definition) is 1. The number of aromatic nitrogens is 1. The van der Waals surface area contributed by atoms with Crippen LogP contribution in [0.3, 0.4) is 0 Å². The van der Waals surface area contributed by atoms with Crippen LogP contribution in [0.15, 0.2) is 16.7 Å². The van der Waals surface area contributed by atoms with Crippen molar-refractivity contribution in [3.8, 4) is 0 Å². The van der Waals surface area contributed by atoms with Crippen LogP contribution >= 0.6 is 27.5 Å². The predicted octanol–water partition coefficient (Wildman–Crippen LogP) is 2.20. The summed E-state index contributed by atoms with van der Waals surface area (Å²) in [6.07, 6.45) is -1.29. The topological polar surface area (TPSA) is 53.4 Å². The number of aliphatic hydroxyl groups is 1. The summed E-state index contributed by atoms with van der Waals surface area (Å²) in [7, 11) is 0. The number of carbonyl (C=O) groups is 1. The summed E-state index contributed by atoms with van der Waals surface area (Å²) in [6.45, 7) is -1.36. The van der Waals surface area contributed by atoms with E-state index in [9.17, 15) is 13.6 Å². The second-order valence-electron chi connectivity index (χ2n) is 3.36. The van der Waals surface area contributed by atoms with E-state index >= 15 is 0 Å². The average Bonchev–Trinajstić information content (AvgIpc) is 2.30. The standard InChI is InChI=1S/C10H10BrClF2N2O2/c11-6-3-7(9(12)15-4-6)10(18)16(1-2-17)5-8(13)14/h3-4,8,17H,1-2,5H2. The van der Waals surface area contributed by atoms with Gasteiger partial charge in [-0.2, -0.15) is 0 Å². The zero-order valence-corrected chi connectivity index (χ0v) is 11.5. The van der Waals surface area contributed by atoms with Crippen LogP contribution in [-0.2, 0) is 0 Å². The molecule has 1 amide bonds. The number of hydrogen-bond acceptors (Lipinski definition) is 3. The van der Waals surface area contributed by atoms with Gasteiger partial charge in [0, 0.05) is 17.2 Å². The molecule has 1 rings (SSSR count). The van der Waals surface area contributed by atoms with Gasteiger partial charge >= 0.3 is 0 Å². The average molecular weight is 344 g/mol. The quantitative estimate of drug-likeness (QED) is 0.834. The molecule has 1 N–H and O–H groups in total. The first kappa shape index (κ1) is 15.3. The molecule has 0 unspecified atom stereocenters. The normalized spacial score (nSPS) is 10.8. The molecule has 4 nitrogen and oxygen atoms in total. The number of amides is 1. The molecule has 18 heavy (non-hydrogen) atoms. The lowest BCUT2D eigenvalue weighted by atomic mass is 10.2. The van der Waals surface area contributed by atoms with Gasteiger partial charge in [-0.15, -0.1) is 0 Å². The lowest BCUT2D eigenvalue weighted by Crippen LogP contribution is -2.37. The van der Waals surface area contributed by atoms with E-state index in [0.717, 1.165) is 4.90 Å².